The maximum Gasteiger partial charge on any atom is 0.317 e. The molecule has 1 saturated heterocycles. The van der Waals surface area contributed by atoms with Crippen LogP contribution in [-0.2, 0) is 9.53 Å². The molecule has 0 aromatic carbocycles. The van der Waals surface area contributed by atoms with Crippen molar-refractivity contribution in [2.24, 2.45) is 5.92 Å². The fourth-order valence-electron chi connectivity index (χ4n) is 2.24. The number of likely N-dealkylation sites (tertiary alicyclic amines) is 1. The molecule has 0 radical (unpaired) electrons. The molecule has 0 aromatic heterocycles. The third-order valence-electron chi connectivity index (χ3n) is 3.15. The smallest absolute Gasteiger partial charge is 0.317 e. The molecule has 1 aliphatic rings. The minimum absolute atomic E-state index is 0.0104. The molecular weight excluding hydrogens is 244 g/mol. The predicted molar refractivity (Wildman–Crippen MR) is 73.8 cm³/mol. The van der Waals surface area contributed by atoms with E-state index in [1.54, 1.807) is 0 Å². The molecule has 0 unspecified atom stereocenters. The maximum absolute atomic E-state index is 11.9. The average Bonchev–Trinajstić information content (AvgIpc) is 2.33. The third-order valence-corrected chi connectivity index (χ3v) is 3.15. The summed E-state index contributed by atoms with van der Waals surface area (Å²) in [4.78, 5) is 25.0. The van der Waals surface area contributed by atoms with Crippen molar-refractivity contribution < 1.29 is 14.3 Å². The first-order valence-corrected chi connectivity index (χ1v) is 7.21. The Labute approximate surface area is 115 Å². The van der Waals surface area contributed by atoms with Crippen molar-refractivity contribution in [2.75, 3.05) is 19.6 Å². The minimum Gasteiger partial charge on any atom is -0.463 e. The van der Waals surface area contributed by atoms with Gasteiger partial charge in [-0.05, 0) is 39.0 Å². The second-order valence-corrected chi connectivity index (χ2v) is 5.57. The highest BCUT2D eigenvalue weighted by atomic mass is 16.5. The Hall–Kier alpha value is -1.26. The van der Waals surface area contributed by atoms with E-state index in [0.717, 1.165) is 19.5 Å². The molecule has 0 bridgehead atoms. The summed E-state index contributed by atoms with van der Waals surface area (Å²) in [6.07, 6.45) is 3.19. The molecule has 0 aromatic rings. The number of hydrogen-bond donors (Lipinski definition) is 1. The van der Waals surface area contributed by atoms with E-state index in [-0.39, 0.29) is 18.1 Å². The summed E-state index contributed by atoms with van der Waals surface area (Å²) in [6, 6.07) is -0.0104. The highest BCUT2D eigenvalue weighted by molar-refractivity contribution is 5.74. The van der Waals surface area contributed by atoms with Crippen molar-refractivity contribution in [3.63, 3.8) is 0 Å². The van der Waals surface area contributed by atoms with Crippen LogP contribution >= 0.6 is 0 Å². The van der Waals surface area contributed by atoms with Crippen LogP contribution in [0.25, 0.3) is 0 Å². The molecule has 1 N–H and O–H groups in total. The molecule has 19 heavy (non-hydrogen) atoms. The van der Waals surface area contributed by atoms with Crippen LogP contribution in [0.2, 0.25) is 0 Å². The quantitative estimate of drug-likeness (QED) is 0.615. The summed E-state index contributed by atoms with van der Waals surface area (Å²) < 4.78 is 5.03. The van der Waals surface area contributed by atoms with Gasteiger partial charge in [-0.1, -0.05) is 6.92 Å². The van der Waals surface area contributed by atoms with Crippen LogP contribution in [0.5, 0.6) is 0 Å². The fourth-order valence-corrected chi connectivity index (χ4v) is 2.24. The topological polar surface area (TPSA) is 58.6 Å². The number of carbonyl (C=O) groups is 2. The number of amides is 2. The predicted octanol–water partition coefficient (Wildman–Crippen LogP) is 2.16. The highest BCUT2D eigenvalue weighted by Gasteiger charge is 2.20. The zero-order chi connectivity index (χ0) is 14.3. The lowest BCUT2D eigenvalue weighted by atomic mass is 10.0. The molecule has 5 nitrogen and oxygen atoms in total. The minimum atomic E-state index is -0.198. The standard InChI is InChI=1S/C14H26N2O3/c1-11(2)19-13(17)7-4-8-15-14(18)16-9-5-6-12(3)10-16/h11-12H,4-10H2,1-3H3,(H,15,18)/t12-/m1/s1. The number of nitrogens with one attached hydrogen (secondary N) is 1. The van der Waals surface area contributed by atoms with Crippen molar-refractivity contribution in [2.45, 2.75) is 52.6 Å². The Morgan fingerprint density at radius 1 is 1.42 bits per heavy atom. The summed E-state index contributed by atoms with van der Waals surface area (Å²) in [5, 5.41) is 2.86. The van der Waals surface area contributed by atoms with Gasteiger partial charge in [0.05, 0.1) is 6.10 Å². The number of carbonyl (C=O) groups excluding carboxylic acids is 2. The molecule has 0 saturated carbocycles. The number of hydrogen-bond acceptors (Lipinski definition) is 3. The van der Waals surface area contributed by atoms with Crippen molar-refractivity contribution in [1.29, 1.82) is 0 Å². The van der Waals surface area contributed by atoms with E-state index in [4.69, 9.17) is 4.74 Å². The van der Waals surface area contributed by atoms with Gasteiger partial charge in [0, 0.05) is 26.1 Å². The molecule has 1 aliphatic heterocycles. The van der Waals surface area contributed by atoms with E-state index in [1.165, 1.54) is 6.42 Å². The molecular formula is C14H26N2O3. The van der Waals surface area contributed by atoms with Gasteiger partial charge in [-0.25, -0.2) is 4.79 Å². The van der Waals surface area contributed by atoms with Crippen LogP contribution < -0.4 is 5.32 Å². The van der Waals surface area contributed by atoms with Crippen molar-refractivity contribution >= 4 is 12.0 Å². The van der Waals surface area contributed by atoms with Crippen LogP contribution in [0.4, 0.5) is 4.79 Å². The number of esters is 1. The monoisotopic (exact) mass is 270 g/mol. The lowest BCUT2D eigenvalue weighted by molar-refractivity contribution is -0.147. The molecule has 5 heteroatoms. The van der Waals surface area contributed by atoms with Crippen molar-refractivity contribution in [1.82, 2.24) is 10.2 Å². The Balaban J connectivity index is 2.11. The zero-order valence-electron chi connectivity index (χ0n) is 12.3. The Kier molecular flexibility index (Phi) is 6.67. The third kappa shape index (κ3) is 6.45. The van der Waals surface area contributed by atoms with Gasteiger partial charge in [0.15, 0.2) is 0 Å². The summed E-state index contributed by atoms with van der Waals surface area (Å²) >= 11 is 0. The Morgan fingerprint density at radius 2 is 2.16 bits per heavy atom. The van der Waals surface area contributed by atoms with E-state index >= 15 is 0 Å². The van der Waals surface area contributed by atoms with Crippen LogP contribution in [0, 0.1) is 5.92 Å². The summed E-state index contributed by atoms with van der Waals surface area (Å²) in [5.74, 6) is 0.386. The molecule has 2 amide bonds. The van der Waals surface area contributed by atoms with E-state index in [9.17, 15) is 9.59 Å². The van der Waals surface area contributed by atoms with E-state index < -0.39 is 0 Å². The van der Waals surface area contributed by atoms with Crippen molar-refractivity contribution in [3.8, 4) is 0 Å². The second-order valence-electron chi connectivity index (χ2n) is 5.57. The van der Waals surface area contributed by atoms with Gasteiger partial charge in [0.1, 0.15) is 0 Å². The largest absolute Gasteiger partial charge is 0.463 e. The van der Waals surface area contributed by atoms with Crippen LogP contribution in [0.15, 0.2) is 0 Å². The molecule has 1 rings (SSSR count). The van der Waals surface area contributed by atoms with E-state index in [1.807, 2.05) is 18.7 Å². The van der Waals surface area contributed by atoms with Gasteiger partial charge in [-0.3, -0.25) is 4.79 Å². The number of nitrogens with zero attached hydrogens (tertiary/aromatic N) is 1. The van der Waals surface area contributed by atoms with Gasteiger partial charge in [-0.15, -0.1) is 0 Å². The number of rotatable bonds is 5. The average molecular weight is 270 g/mol. The molecule has 110 valence electrons. The summed E-state index contributed by atoms with van der Waals surface area (Å²) in [7, 11) is 0. The SMILES string of the molecule is CC(C)OC(=O)CCCNC(=O)N1CCC[C@@H](C)C1. The molecule has 0 aliphatic carbocycles. The van der Waals surface area contributed by atoms with Gasteiger partial charge >= 0.3 is 12.0 Å². The first-order valence-electron chi connectivity index (χ1n) is 7.21. The number of ether oxygens (including phenoxy) is 1. The van der Waals surface area contributed by atoms with Crippen LogP contribution in [0.3, 0.4) is 0 Å². The second kappa shape index (κ2) is 8.02. The Morgan fingerprint density at radius 3 is 2.79 bits per heavy atom. The van der Waals surface area contributed by atoms with Crippen molar-refractivity contribution in [3.05, 3.63) is 0 Å². The highest BCUT2D eigenvalue weighted by Crippen LogP contribution is 2.15. The first kappa shape index (κ1) is 15.8. The Bertz CT molecular complexity index is 305. The number of piperidine rings is 1. The molecule has 1 fully saturated rings. The van der Waals surface area contributed by atoms with Gasteiger partial charge in [0.2, 0.25) is 0 Å². The maximum atomic E-state index is 11.9. The first-order chi connectivity index (χ1) is 8.99. The lowest BCUT2D eigenvalue weighted by Crippen LogP contribution is -2.45. The zero-order valence-corrected chi connectivity index (χ0v) is 12.3. The van der Waals surface area contributed by atoms with Gasteiger partial charge in [0.25, 0.3) is 0 Å². The summed E-state index contributed by atoms with van der Waals surface area (Å²) in [6.45, 7) is 8.03. The fraction of sp³-hybridized carbons (Fsp3) is 0.857. The summed E-state index contributed by atoms with van der Waals surface area (Å²) in [5.41, 5.74) is 0. The molecule has 1 heterocycles. The van der Waals surface area contributed by atoms with E-state index in [2.05, 4.69) is 12.2 Å². The van der Waals surface area contributed by atoms with E-state index in [0.29, 0.717) is 25.3 Å². The number of urea groups is 1. The van der Waals surface area contributed by atoms with Crippen LogP contribution in [0.1, 0.15) is 46.5 Å². The van der Waals surface area contributed by atoms with Gasteiger partial charge in [-0.2, -0.15) is 0 Å². The normalized spacial score (nSPS) is 19.4. The molecule has 1 atom stereocenters. The van der Waals surface area contributed by atoms with Gasteiger partial charge < -0.3 is 15.0 Å². The van der Waals surface area contributed by atoms with Crippen LogP contribution in [-0.4, -0.2) is 42.6 Å². The lowest BCUT2D eigenvalue weighted by Gasteiger charge is -2.30. The molecule has 0 spiro atoms.